The molecule has 0 spiro atoms. The average molecular weight is 157 g/mol. The lowest BCUT2D eigenvalue weighted by molar-refractivity contribution is 1.41. The highest BCUT2D eigenvalue weighted by molar-refractivity contribution is 6.32. The summed E-state index contributed by atoms with van der Waals surface area (Å²) in [4.78, 5) is 0. The second-order valence-corrected chi connectivity index (χ2v) is 3.54. The van der Waals surface area contributed by atoms with E-state index in [1.54, 1.807) is 0 Å². The summed E-state index contributed by atoms with van der Waals surface area (Å²) in [5.74, 6) is 0.627. The molecule has 1 aromatic carbocycles. The summed E-state index contributed by atoms with van der Waals surface area (Å²) < 4.78 is 0. The fraction of sp³-hybridized carbons (Fsp3) is 0.143. The van der Waals surface area contributed by atoms with E-state index in [0.717, 1.165) is 10.2 Å². The molecule has 0 unspecified atom stereocenters. The van der Waals surface area contributed by atoms with Crippen molar-refractivity contribution >= 4 is 27.0 Å². The van der Waals surface area contributed by atoms with Gasteiger partial charge in [0.2, 0.25) is 0 Å². The third-order valence-electron chi connectivity index (χ3n) is 1.27. The minimum atomic E-state index is 0.627. The van der Waals surface area contributed by atoms with E-state index in [4.69, 9.17) is 11.6 Å². The standard InChI is InChI=1S/C7H9ClSi/c8-5-6-1-3-7(9)4-2-6/h1-4H,5H2,9H3. The first-order valence-electron chi connectivity index (χ1n) is 2.94. The highest BCUT2D eigenvalue weighted by Gasteiger charge is 1.86. The largest absolute Gasteiger partial charge is 0.122 e. The molecule has 0 aliphatic heterocycles. The molecule has 0 nitrogen and oxygen atoms in total. The van der Waals surface area contributed by atoms with E-state index in [0.29, 0.717) is 5.88 Å². The molecule has 0 radical (unpaired) electrons. The first kappa shape index (κ1) is 6.84. The van der Waals surface area contributed by atoms with Gasteiger partial charge < -0.3 is 0 Å². The Kier molecular flexibility index (Phi) is 2.31. The Morgan fingerprint density at radius 3 is 2.22 bits per heavy atom. The van der Waals surface area contributed by atoms with Crippen molar-refractivity contribution in [3.05, 3.63) is 29.8 Å². The minimum Gasteiger partial charge on any atom is -0.122 e. The van der Waals surface area contributed by atoms with Gasteiger partial charge in [-0.25, -0.2) is 0 Å². The number of hydrogen-bond acceptors (Lipinski definition) is 0. The lowest BCUT2D eigenvalue weighted by Gasteiger charge is -1.93. The van der Waals surface area contributed by atoms with Crippen LogP contribution in [0.2, 0.25) is 0 Å². The molecular formula is C7H9ClSi. The van der Waals surface area contributed by atoms with Gasteiger partial charge in [0.15, 0.2) is 0 Å². The molecular weight excluding hydrogens is 148 g/mol. The van der Waals surface area contributed by atoms with Crippen LogP contribution in [0.4, 0.5) is 0 Å². The van der Waals surface area contributed by atoms with Gasteiger partial charge >= 0.3 is 0 Å². The predicted octanol–water partition coefficient (Wildman–Crippen LogP) is 0.416. The summed E-state index contributed by atoms with van der Waals surface area (Å²) in [6.45, 7) is 0. The molecule has 48 valence electrons. The summed E-state index contributed by atoms with van der Waals surface area (Å²) in [5.41, 5.74) is 1.20. The fourth-order valence-corrected chi connectivity index (χ4v) is 1.19. The SMILES string of the molecule is [SiH3]c1ccc(CCl)cc1. The van der Waals surface area contributed by atoms with Gasteiger partial charge in [-0.05, 0) is 5.56 Å². The van der Waals surface area contributed by atoms with Crippen molar-refractivity contribution in [3.63, 3.8) is 0 Å². The molecule has 2 heteroatoms. The number of alkyl halides is 1. The third-order valence-corrected chi connectivity index (χ3v) is 2.25. The minimum absolute atomic E-state index is 0.627. The summed E-state index contributed by atoms with van der Waals surface area (Å²) in [6, 6.07) is 8.42. The smallest absolute Gasteiger partial charge is 0.0474 e. The molecule has 0 atom stereocenters. The molecule has 0 saturated heterocycles. The maximum absolute atomic E-state index is 5.59. The van der Waals surface area contributed by atoms with Crippen LogP contribution in [-0.4, -0.2) is 10.2 Å². The first-order valence-corrected chi connectivity index (χ1v) is 4.48. The molecule has 0 N–H and O–H groups in total. The number of halogens is 1. The fourth-order valence-electron chi connectivity index (χ4n) is 0.677. The molecule has 0 aromatic heterocycles. The van der Waals surface area contributed by atoms with Crippen molar-refractivity contribution in [3.8, 4) is 0 Å². The van der Waals surface area contributed by atoms with Crippen LogP contribution in [0.3, 0.4) is 0 Å². The average Bonchev–Trinajstić information content (AvgIpc) is 1.90. The van der Waals surface area contributed by atoms with E-state index in [2.05, 4.69) is 24.3 Å². The zero-order valence-electron chi connectivity index (χ0n) is 5.39. The van der Waals surface area contributed by atoms with Crippen LogP contribution < -0.4 is 5.19 Å². The summed E-state index contributed by atoms with van der Waals surface area (Å²) >= 11 is 5.59. The lowest BCUT2D eigenvalue weighted by atomic mass is 10.2. The monoisotopic (exact) mass is 156 g/mol. The van der Waals surface area contributed by atoms with E-state index in [1.807, 2.05) is 0 Å². The third kappa shape index (κ3) is 1.84. The Hall–Kier alpha value is -0.273. The van der Waals surface area contributed by atoms with Gasteiger partial charge in [0.1, 0.15) is 0 Å². The summed E-state index contributed by atoms with van der Waals surface area (Å²) in [7, 11) is 1.13. The molecule has 0 aliphatic carbocycles. The van der Waals surface area contributed by atoms with Crippen LogP contribution in [-0.2, 0) is 5.88 Å². The van der Waals surface area contributed by atoms with Crippen LogP contribution in [0, 0.1) is 0 Å². The normalized spacial score (nSPS) is 9.89. The molecule has 0 aliphatic rings. The van der Waals surface area contributed by atoms with Gasteiger partial charge in [-0.15, -0.1) is 11.6 Å². The van der Waals surface area contributed by atoms with Gasteiger partial charge in [0.05, 0.1) is 0 Å². The van der Waals surface area contributed by atoms with Crippen molar-refractivity contribution in [1.29, 1.82) is 0 Å². The quantitative estimate of drug-likeness (QED) is 0.409. The van der Waals surface area contributed by atoms with Crippen molar-refractivity contribution < 1.29 is 0 Å². The highest BCUT2D eigenvalue weighted by Crippen LogP contribution is 1.99. The summed E-state index contributed by atoms with van der Waals surface area (Å²) in [6.07, 6.45) is 0. The Morgan fingerprint density at radius 2 is 1.78 bits per heavy atom. The second kappa shape index (κ2) is 3.04. The van der Waals surface area contributed by atoms with Crippen LogP contribution in [0.5, 0.6) is 0 Å². The Balaban J connectivity index is 2.88. The number of benzene rings is 1. The predicted molar refractivity (Wildman–Crippen MR) is 45.6 cm³/mol. The van der Waals surface area contributed by atoms with Crippen LogP contribution in [0.15, 0.2) is 24.3 Å². The van der Waals surface area contributed by atoms with E-state index in [1.165, 1.54) is 10.8 Å². The molecule has 0 saturated carbocycles. The lowest BCUT2D eigenvalue weighted by Crippen LogP contribution is -1.99. The van der Waals surface area contributed by atoms with E-state index in [-0.39, 0.29) is 0 Å². The van der Waals surface area contributed by atoms with Crippen LogP contribution in [0.25, 0.3) is 0 Å². The van der Waals surface area contributed by atoms with Gasteiger partial charge in [-0.3, -0.25) is 0 Å². The van der Waals surface area contributed by atoms with E-state index < -0.39 is 0 Å². The molecule has 9 heavy (non-hydrogen) atoms. The summed E-state index contributed by atoms with van der Waals surface area (Å²) in [5, 5.41) is 1.42. The Bertz CT molecular complexity index is 181. The zero-order valence-corrected chi connectivity index (χ0v) is 8.15. The molecule has 0 amide bonds. The molecule has 0 fully saturated rings. The maximum Gasteiger partial charge on any atom is 0.0474 e. The Morgan fingerprint density at radius 1 is 1.22 bits per heavy atom. The van der Waals surface area contributed by atoms with E-state index in [9.17, 15) is 0 Å². The molecule has 1 rings (SSSR count). The van der Waals surface area contributed by atoms with Crippen molar-refractivity contribution in [2.24, 2.45) is 0 Å². The first-order chi connectivity index (χ1) is 4.33. The number of rotatable bonds is 1. The van der Waals surface area contributed by atoms with Crippen LogP contribution in [0.1, 0.15) is 5.56 Å². The topological polar surface area (TPSA) is 0 Å². The molecule has 1 aromatic rings. The van der Waals surface area contributed by atoms with Gasteiger partial charge in [-0.1, -0.05) is 29.5 Å². The number of hydrogen-bond donors (Lipinski definition) is 0. The molecule has 0 heterocycles. The highest BCUT2D eigenvalue weighted by atomic mass is 35.5. The second-order valence-electron chi connectivity index (χ2n) is 2.12. The Labute approximate surface area is 63.3 Å². The zero-order chi connectivity index (χ0) is 6.69. The maximum atomic E-state index is 5.59. The van der Waals surface area contributed by atoms with Crippen LogP contribution >= 0.6 is 11.6 Å². The van der Waals surface area contributed by atoms with Gasteiger partial charge in [0, 0.05) is 16.1 Å². The van der Waals surface area contributed by atoms with E-state index >= 15 is 0 Å². The van der Waals surface area contributed by atoms with Crippen molar-refractivity contribution in [1.82, 2.24) is 0 Å². The van der Waals surface area contributed by atoms with Crippen molar-refractivity contribution in [2.45, 2.75) is 5.88 Å². The van der Waals surface area contributed by atoms with Gasteiger partial charge in [0.25, 0.3) is 0 Å². The van der Waals surface area contributed by atoms with Crippen molar-refractivity contribution in [2.75, 3.05) is 0 Å². The molecule has 0 bridgehead atoms. The van der Waals surface area contributed by atoms with Gasteiger partial charge in [-0.2, -0.15) is 0 Å².